The average molecular weight is 271 g/mol. The van der Waals surface area contributed by atoms with Crippen molar-refractivity contribution >= 4 is 17.6 Å². The molecule has 0 aliphatic carbocycles. The lowest BCUT2D eigenvalue weighted by Crippen LogP contribution is -2.16. The second-order valence-corrected chi connectivity index (χ2v) is 3.49. The van der Waals surface area contributed by atoms with Gasteiger partial charge in [-0.15, -0.1) is 0 Å². The van der Waals surface area contributed by atoms with Crippen LogP contribution in [0.2, 0.25) is 0 Å². The summed E-state index contributed by atoms with van der Waals surface area (Å²) in [6.45, 7) is 1.15. The Labute approximate surface area is 107 Å². The zero-order valence-corrected chi connectivity index (χ0v) is 10.4. The number of nitro benzene ring substituents is 1. The van der Waals surface area contributed by atoms with Crippen LogP contribution in [-0.4, -0.2) is 31.1 Å². The Balaban J connectivity index is 3.71. The second-order valence-electron chi connectivity index (χ2n) is 3.49. The van der Waals surface area contributed by atoms with Crippen LogP contribution in [-0.2, 0) is 9.47 Å². The Morgan fingerprint density at radius 2 is 1.79 bits per heavy atom. The van der Waals surface area contributed by atoms with E-state index in [0.717, 1.165) is 21.1 Å². The zero-order chi connectivity index (χ0) is 14.7. The van der Waals surface area contributed by atoms with Gasteiger partial charge in [0, 0.05) is 5.56 Å². The molecule has 0 atom stereocenters. The third-order valence-corrected chi connectivity index (χ3v) is 2.47. The number of nitrogens with zero attached hydrogens (tertiary/aromatic N) is 1. The van der Waals surface area contributed by atoms with Crippen LogP contribution in [0.5, 0.6) is 0 Å². The minimum absolute atomic E-state index is 0.294. The average Bonchev–Trinajstić information content (AvgIpc) is 2.35. The molecule has 0 saturated heterocycles. The fourth-order valence-electron chi connectivity index (χ4n) is 1.63. The highest BCUT2D eigenvalue weighted by Gasteiger charge is 2.30. The molecule has 7 nitrogen and oxygen atoms in total. The molecule has 0 heterocycles. The molecular weight excluding hydrogens is 261 g/mol. The first-order valence-corrected chi connectivity index (χ1v) is 4.99. The van der Waals surface area contributed by atoms with Crippen molar-refractivity contribution in [1.82, 2.24) is 0 Å². The SMILES string of the molecule is COC(=O)c1cc(F)c([N+](=O)[O-])c(C)c1C(=O)OC. The fraction of sp³-hybridized carbons (Fsp3) is 0.273. The van der Waals surface area contributed by atoms with E-state index in [1.807, 2.05) is 0 Å². The molecule has 0 unspecified atom stereocenters. The van der Waals surface area contributed by atoms with Crippen LogP contribution in [0.25, 0.3) is 0 Å². The van der Waals surface area contributed by atoms with Crippen LogP contribution >= 0.6 is 0 Å². The summed E-state index contributed by atoms with van der Waals surface area (Å²) in [5, 5.41) is 10.8. The van der Waals surface area contributed by atoms with Gasteiger partial charge in [0.15, 0.2) is 0 Å². The lowest BCUT2D eigenvalue weighted by molar-refractivity contribution is -0.388. The molecule has 0 radical (unpaired) electrons. The predicted octanol–water partition coefficient (Wildman–Crippen LogP) is 1.62. The topological polar surface area (TPSA) is 95.7 Å². The molecule has 0 fully saturated rings. The van der Waals surface area contributed by atoms with Crippen molar-refractivity contribution in [3.8, 4) is 0 Å². The number of hydrogen-bond acceptors (Lipinski definition) is 6. The summed E-state index contributed by atoms with van der Waals surface area (Å²) in [5.74, 6) is -3.20. The van der Waals surface area contributed by atoms with Crippen molar-refractivity contribution in [3.05, 3.63) is 38.7 Å². The van der Waals surface area contributed by atoms with Gasteiger partial charge in [-0.05, 0) is 13.0 Å². The van der Waals surface area contributed by atoms with Gasteiger partial charge >= 0.3 is 17.6 Å². The van der Waals surface area contributed by atoms with Crippen LogP contribution in [0.3, 0.4) is 0 Å². The number of ether oxygens (including phenoxy) is 2. The minimum atomic E-state index is -1.23. The molecule has 0 aliphatic heterocycles. The Morgan fingerprint density at radius 3 is 2.21 bits per heavy atom. The third kappa shape index (κ3) is 2.51. The van der Waals surface area contributed by atoms with Crippen molar-refractivity contribution < 1.29 is 28.4 Å². The quantitative estimate of drug-likeness (QED) is 0.471. The van der Waals surface area contributed by atoms with E-state index in [1.165, 1.54) is 0 Å². The maximum Gasteiger partial charge on any atom is 0.339 e. The van der Waals surface area contributed by atoms with Crippen molar-refractivity contribution in [2.75, 3.05) is 14.2 Å². The number of carbonyl (C=O) groups is 2. The van der Waals surface area contributed by atoms with Gasteiger partial charge in [0.1, 0.15) is 0 Å². The Hall–Kier alpha value is -2.51. The van der Waals surface area contributed by atoms with Crippen LogP contribution in [0.15, 0.2) is 6.07 Å². The number of methoxy groups -OCH3 is 2. The molecule has 0 N–H and O–H groups in total. The molecule has 1 aromatic carbocycles. The molecule has 19 heavy (non-hydrogen) atoms. The largest absolute Gasteiger partial charge is 0.465 e. The molecule has 0 amide bonds. The first kappa shape index (κ1) is 14.6. The fourth-order valence-corrected chi connectivity index (χ4v) is 1.63. The van der Waals surface area contributed by atoms with Crippen LogP contribution in [0.4, 0.5) is 10.1 Å². The molecular formula is C11H10FNO6. The number of esters is 2. The van der Waals surface area contributed by atoms with E-state index < -0.39 is 33.9 Å². The summed E-state index contributed by atoms with van der Waals surface area (Å²) in [4.78, 5) is 32.8. The lowest BCUT2D eigenvalue weighted by Gasteiger charge is -2.10. The molecule has 0 aliphatic rings. The maximum atomic E-state index is 13.6. The summed E-state index contributed by atoms with van der Waals surface area (Å²) in [5.41, 5.74) is -1.98. The van der Waals surface area contributed by atoms with E-state index in [2.05, 4.69) is 9.47 Å². The summed E-state index contributed by atoms with van der Waals surface area (Å²) in [7, 11) is 2.08. The highest BCUT2D eigenvalue weighted by molar-refractivity contribution is 6.05. The van der Waals surface area contributed by atoms with Gasteiger partial charge in [-0.2, -0.15) is 4.39 Å². The minimum Gasteiger partial charge on any atom is -0.465 e. The molecule has 0 aromatic heterocycles. The molecule has 0 saturated carbocycles. The normalized spacial score (nSPS) is 9.89. The number of rotatable bonds is 3. The van der Waals surface area contributed by atoms with Crippen LogP contribution < -0.4 is 0 Å². The molecule has 1 rings (SSSR count). The number of nitro groups is 1. The third-order valence-electron chi connectivity index (χ3n) is 2.47. The van der Waals surface area contributed by atoms with Gasteiger partial charge < -0.3 is 9.47 Å². The summed E-state index contributed by atoms with van der Waals surface area (Å²) < 4.78 is 22.4. The Morgan fingerprint density at radius 1 is 1.26 bits per heavy atom. The van der Waals surface area contributed by atoms with Gasteiger partial charge in [0.25, 0.3) is 0 Å². The van der Waals surface area contributed by atoms with Crippen molar-refractivity contribution in [3.63, 3.8) is 0 Å². The maximum absolute atomic E-state index is 13.6. The summed E-state index contributed by atoms with van der Waals surface area (Å²) in [6.07, 6.45) is 0. The van der Waals surface area contributed by atoms with Crippen LogP contribution in [0, 0.1) is 22.9 Å². The molecule has 0 bridgehead atoms. The van der Waals surface area contributed by atoms with Gasteiger partial charge in [-0.25, -0.2) is 9.59 Å². The van der Waals surface area contributed by atoms with E-state index in [4.69, 9.17) is 0 Å². The van der Waals surface area contributed by atoms with E-state index in [0.29, 0.717) is 6.07 Å². The van der Waals surface area contributed by atoms with E-state index in [-0.39, 0.29) is 11.1 Å². The monoisotopic (exact) mass is 271 g/mol. The molecule has 0 spiro atoms. The first-order valence-electron chi connectivity index (χ1n) is 4.99. The lowest BCUT2D eigenvalue weighted by atomic mass is 9.99. The molecule has 8 heteroatoms. The molecule has 1 aromatic rings. The Kier molecular flexibility index (Phi) is 4.15. The van der Waals surface area contributed by atoms with E-state index in [1.54, 1.807) is 0 Å². The second kappa shape index (κ2) is 5.42. The smallest absolute Gasteiger partial charge is 0.339 e. The number of benzene rings is 1. The van der Waals surface area contributed by atoms with E-state index >= 15 is 0 Å². The van der Waals surface area contributed by atoms with Gasteiger partial charge in [0.05, 0.1) is 30.3 Å². The predicted molar refractivity (Wildman–Crippen MR) is 60.5 cm³/mol. The first-order chi connectivity index (χ1) is 8.84. The number of hydrogen-bond donors (Lipinski definition) is 0. The van der Waals surface area contributed by atoms with Crippen molar-refractivity contribution in [2.45, 2.75) is 6.92 Å². The highest BCUT2D eigenvalue weighted by atomic mass is 19.1. The summed E-state index contributed by atoms with van der Waals surface area (Å²) >= 11 is 0. The van der Waals surface area contributed by atoms with Crippen LogP contribution in [0.1, 0.15) is 26.3 Å². The zero-order valence-electron chi connectivity index (χ0n) is 10.4. The van der Waals surface area contributed by atoms with E-state index in [9.17, 15) is 24.1 Å². The molecule has 102 valence electrons. The van der Waals surface area contributed by atoms with Crippen molar-refractivity contribution in [1.29, 1.82) is 0 Å². The van der Waals surface area contributed by atoms with Gasteiger partial charge in [0.2, 0.25) is 5.82 Å². The van der Waals surface area contributed by atoms with Gasteiger partial charge in [-0.3, -0.25) is 10.1 Å². The van der Waals surface area contributed by atoms with Gasteiger partial charge in [-0.1, -0.05) is 0 Å². The Bertz CT molecular complexity index is 569. The number of halogens is 1. The number of carbonyl (C=O) groups excluding carboxylic acids is 2. The standard InChI is InChI=1S/C11H10FNO6/c1-5-8(11(15)19-3)6(10(14)18-2)4-7(12)9(5)13(16)17/h4H,1-3H3. The highest BCUT2D eigenvalue weighted by Crippen LogP contribution is 2.29. The summed E-state index contributed by atoms with van der Waals surface area (Å²) in [6, 6.07) is 0.587. The van der Waals surface area contributed by atoms with Crippen molar-refractivity contribution in [2.24, 2.45) is 0 Å².